The Hall–Kier alpha value is -1.06. The van der Waals surface area contributed by atoms with Crippen molar-refractivity contribution < 1.29 is 0 Å². The summed E-state index contributed by atoms with van der Waals surface area (Å²) in [5.74, 6) is 2.37. The molecular weight excluding hydrogens is 236 g/mol. The molecule has 0 saturated carbocycles. The Bertz CT molecular complexity index is 321. The van der Waals surface area contributed by atoms with Crippen LogP contribution in [0.25, 0.3) is 0 Å². The zero-order chi connectivity index (χ0) is 15.2. The molecule has 2 radical (unpaired) electrons. The lowest BCUT2D eigenvalue weighted by atomic mass is 10.1. The molecule has 0 aromatic carbocycles. The Balaban J connectivity index is 3.38. The van der Waals surface area contributed by atoms with Crippen molar-refractivity contribution >= 4 is 0 Å². The highest BCUT2D eigenvalue weighted by molar-refractivity contribution is 5.23. The van der Waals surface area contributed by atoms with E-state index >= 15 is 0 Å². The first-order valence-electron chi connectivity index (χ1n) is 6.83. The third kappa shape index (κ3) is 3.10. The van der Waals surface area contributed by atoms with Crippen LogP contribution in [-0.2, 0) is 0 Å². The molecular formula is C15H30N4. The molecule has 0 spiro atoms. The van der Waals surface area contributed by atoms with E-state index in [4.69, 9.17) is 0 Å². The molecule has 0 amide bonds. The highest BCUT2D eigenvalue weighted by atomic mass is 15.5. The zero-order valence-electron chi connectivity index (χ0n) is 14.3. The SMILES string of the molecule is CN(C)C1=C(N(C)C)N(C(C)(C)C)[C]N1C(C)(C)C. The largest absolute Gasteiger partial charge is 0.361 e. The molecule has 0 bridgehead atoms. The summed E-state index contributed by atoms with van der Waals surface area (Å²) in [4.78, 5) is 8.79. The van der Waals surface area contributed by atoms with Crippen LogP contribution in [-0.4, -0.2) is 58.9 Å². The van der Waals surface area contributed by atoms with Gasteiger partial charge in [0.25, 0.3) is 0 Å². The summed E-state index contributed by atoms with van der Waals surface area (Å²) in [6.07, 6.45) is 0. The quantitative estimate of drug-likeness (QED) is 0.761. The first-order chi connectivity index (χ1) is 8.37. The summed E-state index contributed by atoms with van der Waals surface area (Å²) in [6, 6.07) is 0. The van der Waals surface area contributed by atoms with Gasteiger partial charge in [-0.3, -0.25) is 0 Å². The molecule has 4 nitrogen and oxygen atoms in total. The fraction of sp³-hybridized carbons (Fsp3) is 0.800. The minimum atomic E-state index is 0.000856. The standard InChI is InChI=1S/C15H30N4/c1-14(2,3)18-11-19(15(4,5)6)13(17(9)10)12(18)16(7)8/h1-10H3. The molecule has 1 heterocycles. The number of rotatable bonds is 2. The number of hydrogen-bond donors (Lipinski definition) is 0. The smallest absolute Gasteiger partial charge is 0.212 e. The third-order valence-corrected chi connectivity index (χ3v) is 3.01. The van der Waals surface area contributed by atoms with Crippen molar-refractivity contribution in [3.05, 3.63) is 18.3 Å². The molecule has 0 N–H and O–H groups in total. The molecule has 110 valence electrons. The van der Waals surface area contributed by atoms with Gasteiger partial charge in [-0.1, -0.05) is 0 Å². The highest BCUT2D eigenvalue weighted by Crippen LogP contribution is 2.39. The van der Waals surface area contributed by atoms with E-state index in [1.807, 2.05) is 0 Å². The Kier molecular flexibility index (Phi) is 4.04. The maximum absolute atomic E-state index is 3.54. The Morgan fingerprint density at radius 1 is 0.684 bits per heavy atom. The van der Waals surface area contributed by atoms with Crippen LogP contribution in [0.15, 0.2) is 11.6 Å². The van der Waals surface area contributed by atoms with Crippen molar-refractivity contribution in [1.29, 1.82) is 0 Å². The Morgan fingerprint density at radius 2 is 0.947 bits per heavy atom. The van der Waals surface area contributed by atoms with Crippen molar-refractivity contribution in [2.75, 3.05) is 28.2 Å². The second kappa shape index (κ2) is 4.80. The first kappa shape index (κ1) is 16.0. The van der Waals surface area contributed by atoms with Crippen LogP contribution in [0, 0.1) is 6.67 Å². The van der Waals surface area contributed by atoms with Gasteiger partial charge in [0, 0.05) is 39.3 Å². The van der Waals surface area contributed by atoms with Gasteiger partial charge in [0.15, 0.2) is 0 Å². The van der Waals surface area contributed by atoms with E-state index in [1.165, 1.54) is 11.6 Å². The van der Waals surface area contributed by atoms with E-state index in [0.29, 0.717) is 0 Å². The van der Waals surface area contributed by atoms with Crippen LogP contribution in [0.2, 0.25) is 0 Å². The summed E-state index contributed by atoms with van der Waals surface area (Å²) in [5, 5.41) is 0. The van der Waals surface area contributed by atoms with E-state index in [0.717, 1.165) is 0 Å². The Labute approximate surface area is 119 Å². The normalized spacial score (nSPS) is 17.4. The fourth-order valence-electron chi connectivity index (χ4n) is 2.13. The van der Waals surface area contributed by atoms with E-state index < -0.39 is 0 Å². The van der Waals surface area contributed by atoms with Crippen LogP contribution in [0.1, 0.15) is 41.5 Å². The van der Waals surface area contributed by atoms with Crippen LogP contribution in [0.5, 0.6) is 0 Å². The summed E-state index contributed by atoms with van der Waals surface area (Å²) in [6.45, 7) is 16.8. The minimum absolute atomic E-state index is 0.000856. The van der Waals surface area contributed by atoms with Gasteiger partial charge in [-0.2, -0.15) is 0 Å². The first-order valence-corrected chi connectivity index (χ1v) is 6.83. The van der Waals surface area contributed by atoms with E-state index in [9.17, 15) is 0 Å². The van der Waals surface area contributed by atoms with Gasteiger partial charge in [-0.05, 0) is 41.5 Å². The minimum Gasteiger partial charge on any atom is -0.361 e. The molecule has 1 aliphatic heterocycles. The van der Waals surface area contributed by atoms with Gasteiger partial charge < -0.3 is 19.6 Å². The van der Waals surface area contributed by atoms with Crippen molar-refractivity contribution in [2.24, 2.45) is 0 Å². The second-order valence-electron chi connectivity index (χ2n) is 7.55. The number of hydrogen-bond acceptors (Lipinski definition) is 4. The van der Waals surface area contributed by atoms with Crippen LogP contribution >= 0.6 is 0 Å². The summed E-state index contributed by atoms with van der Waals surface area (Å²) in [7, 11) is 8.35. The maximum Gasteiger partial charge on any atom is 0.212 e. The van der Waals surface area contributed by atoms with Gasteiger partial charge in [0.1, 0.15) is 11.6 Å². The molecule has 0 aliphatic carbocycles. The van der Waals surface area contributed by atoms with Crippen LogP contribution < -0.4 is 0 Å². The van der Waals surface area contributed by atoms with Gasteiger partial charge in [-0.15, -0.1) is 0 Å². The van der Waals surface area contributed by atoms with Gasteiger partial charge >= 0.3 is 0 Å². The molecule has 0 aromatic heterocycles. The molecule has 0 aromatic rings. The molecule has 19 heavy (non-hydrogen) atoms. The summed E-state index contributed by atoms with van der Waals surface area (Å²) >= 11 is 0. The molecule has 4 heteroatoms. The Morgan fingerprint density at radius 3 is 1.11 bits per heavy atom. The second-order valence-corrected chi connectivity index (χ2v) is 7.55. The highest BCUT2D eigenvalue weighted by Gasteiger charge is 2.42. The maximum atomic E-state index is 3.54. The van der Waals surface area contributed by atoms with E-state index in [2.05, 4.69) is 96.0 Å². The van der Waals surface area contributed by atoms with Crippen LogP contribution in [0.3, 0.4) is 0 Å². The molecule has 1 rings (SSSR count). The predicted octanol–water partition coefficient (Wildman–Crippen LogP) is 2.45. The summed E-state index contributed by atoms with van der Waals surface area (Å²) < 4.78 is 0. The fourth-order valence-corrected chi connectivity index (χ4v) is 2.13. The van der Waals surface area contributed by atoms with Crippen LogP contribution in [0.4, 0.5) is 0 Å². The topological polar surface area (TPSA) is 13.0 Å². The molecule has 0 atom stereocenters. The van der Waals surface area contributed by atoms with Crippen molar-refractivity contribution in [3.63, 3.8) is 0 Å². The van der Waals surface area contributed by atoms with Gasteiger partial charge in [0.05, 0.1) is 0 Å². The lowest BCUT2D eigenvalue weighted by Gasteiger charge is -2.38. The number of nitrogens with zero attached hydrogens (tertiary/aromatic N) is 4. The monoisotopic (exact) mass is 266 g/mol. The lowest BCUT2D eigenvalue weighted by Crippen LogP contribution is -2.44. The van der Waals surface area contributed by atoms with Crippen molar-refractivity contribution in [2.45, 2.75) is 52.6 Å². The average Bonchev–Trinajstić information content (AvgIpc) is 2.54. The predicted molar refractivity (Wildman–Crippen MR) is 80.8 cm³/mol. The van der Waals surface area contributed by atoms with Gasteiger partial charge in [-0.25, -0.2) is 0 Å². The lowest BCUT2D eigenvalue weighted by molar-refractivity contribution is 0.127. The van der Waals surface area contributed by atoms with Crippen molar-refractivity contribution in [1.82, 2.24) is 19.6 Å². The summed E-state index contributed by atoms with van der Waals surface area (Å²) in [5.41, 5.74) is 0.00171. The molecule has 0 fully saturated rings. The zero-order valence-corrected chi connectivity index (χ0v) is 14.3. The molecule has 0 saturated heterocycles. The van der Waals surface area contributed by atoms with E-state index in [-0.39, 0.29) is 11.1 Å². The molecule has 1 aliphatic rings. The van der Waals surface area contributed by atoms with Gasteiger partial charge in [0.2, 0.25) is 6.67 Å². The average molecular weight is 266 g/mol. The van der Waals surface area contributed by atoms with Crippen molar-refractivity contribution in [3.8, 4) is 0 Å². The van der Waals surface area contributed by atoms with E-state index in [1.54, 1.807) is 0 Å². The molecule has 0 unspecified atom stereocenters. The third-order valence-electron chi connectivity index (χ3n) is 3.01.